The highest BCUT2D eigenvalue weighted by molar-refractivity contribution is 7.91. The fourth-order valence-electron chi connectivity index (χ4n) is 2.42. The maximum absolute atomic E-state index is 12.4. The molecule has 0 radical (unpaired) electrons. The summed E-state index contributed by atoms with van der Waals surface area (Å²) >= 11 is 0. The van der Waals surface area contributed by atoms with Crippen molar-refractivity contribution in [2.45, 2.75) is 30.8 Å². The molecule has 0 aromatic heterocycles. The number of carboxylic acids is 1. The third-order valence-electron chi connectivity index (χ3n) is 3.86. The molecule has 1 aliphatic rings. The van der Waals surface area contributed by atoms with Crippen molar-refractivity contribution >= 4 is 21.7 Å². The van der Waals surface area contributed by atoms with Gasteiger partial charge in [0.1, 0.15) is 0 Å². The number of nitrogens with zero attached hydrogens (tertiary/aromatic N) is 1. The fraction of sp³-hybridized carbons (Fsp3) is 0.500. The van der Waals surface area contributed by atoms with E-state index in [4.69, 9.17) is 9.84 Å². The first-order valence-corrected chi connectivity index (χ1v) is 9.47. The molecule has 1 aromatic rings. The number of hydrogen-bond acceptors (Lipinski definition) is 5. The topological polar surface area (TPSA) is 101 Å². The molecule has 0 saturated carbocycles. The molecule has 1 amide bonds. The molecule has 1 heterocycles. The average Bonchev–Trinajstić information content (AvgIpc) is 2.59. The molecule has 0 spiro atoms. The molecule has 1 fully saturated rings. The maximum Gasteiger partial charge on any atom is 0.334 e. The normalized spacial score (nSPS) is 18.4. The number of aliphatic carboxylic acids is 1. The number of carbonyl (C=O) groups is 2. The molecule has 0 aliphatic carbocycles. The van der Waals surface area contributed by atoms with E-state index in [2.05, 4.69) is 0 Å². The first-order chi connectivity index (χ1) is 11.3. The highest BCUT2D eigenvalue weighted by atomic mass is 32.2. The van der Waals surface area contributed by atoms with Gasteiger partial charge in [0.15, 0.2) is 15.9 Å². The van der Waals surface area contributed by atoms with Crippen LogP contribution in [0.3, 0.4) is 0 Å². The molecule has 0 bridgehead atoms. The van der Waals surface area contributed by atoms with Crippen LogP contribution in [-0.2, 0) is 19.4 Å². The Bertz CT molecular complexity index is 698. The van der Waals surface area contributed by atoms with Gasteiger partial charge in [-0.05, 0) is 30.7 Å². The number of unbranched alkanes of at least 4 members (excludes halogenated alkanes) is 1. The minimum absolute atomic E-state index is 0.0231. The van der Waals surface area contributed by atoms with E-state index in [1.165, 1.54) is 29.2 Å². The second-order valence-electron chi connectivity index (χ2n) is 5.65. The summed E-state index contributed by atoms with van der Waals surface area (Å²) in [5.74, 6) is -1.35. The molecule has 132 valence electrons. The summed E-state index contributed by atoms with van der Waals surface area (Å²) in [4.78, 5) is 25.0. The summed E-state index contributed by atoms with van der Waals surface area (Å²) in [6.07, 6.45) is 0.349. The number of ether oxygens (including phenoxy) is 1. The van der Waals surface area contributed by atoms with Crippen molar-refractivity contribution in [3.8, 4) is 0 Å². The zero-order valence-electron chi connectivity index (χ0n) is 13.5. The Hall–Kier alpha value is -1.93. The van der Waals surface area contributed by atoms with Crippen LogP contribution in [0.5, 0.6) is 0 Å². The van der Waals surface area contributed by atoms with Gasteiger partial charge in [-0.1, -0.05) is 13.3 Å². The molecular weight excluding hydrogens is 334 g/mol. The van der Waals surface area contributed by atoms with Gasteiger partial charge in [-0.25, -0.2) is 13.2 Å². The lowest BCUT2D eigenvalue weighted by Crippen LogP contribution is -2.48. The zero-order valence-corrected chi connectivity index (χ0v) is 14.3. The van der Waals surface area contributed by atoms with E-state index in [0.717, 1.165) is 6.42 Å². The Morgan fingerprint density at radius 2 is 1.96 bits per heavy atom. The van der Waals surface area contributed by atoms with Gasteiger partial charge in [0.05, 0.1) is 23.8 Å². The molecule has 8 heteroatoms. The van der Waals surface area contributed by atoms with Crippen LogP contribution in [0, 0.1) is 0 Å². The van der Waals surface area contributed by atoms with Crippen LogP contribution in [0.15, 0.2) is 29.2 Å². The Kier molecular flexibility index (Phi) is 5.95. The molecule has 2 rings (SSSR count). The molecular formula is C16H21NO6S. The first kappa shape index (κ1) is 18.4. The number of carboxylic acid groups (broad SMARTS) is 1. The summed E-state index contributed by atoms with van der Waals surface area (Å²) in [7, 11) is -3.33. The zero-order chi connectivity index (χ0) is 17.7. The Morgan fingerprint density at radius 3 is 2.54 bits per heavy atom. The van der Waals surface area contributed by atoms with Gasteiger partial charge in [-0.3, -0.25) is 4.79 Å². The van der Waals surface area contributed by atoms with E-state index in [9.17, 15) is 18.0 Å². The van der Waals surface area contributed by atoms with E-state index >= 15 is 0 Å². The quantitative estimate of drug-likeness (QED) is 0.822. The lowest BCUT2D eigenvalue weighted by Gasteiger charge is -2.30. The van der Waals surface area contributed by atoms with Crippen LogP contribution in [-0.4, -0.2) is 61.9 Å². The molecule has 1 aliphatic heterocycles. The molecule has 1 N–H and O–H groups in total. The molecule has 1 unspecified atom stereocenters. The van der Waals surface area contributed by atoms with Crippen LogP contribution >= 0.6 is 0 Å². The Balaban J connectivity index is 2.10. The van der Waals surface area contributed by atoms with Crippen LogP contribution in [0.1, 0.15) is 30.1 Å². The van der Waals surface area contributed by atoms with E-state index in [-0.39, 0.29) is 29.7 Å². The highest BCUT2D eigenvalue weighted by Crippen LogP contribution is 2.16. The smallest absolute Gasteiger partial charge is 0.334 e. The lowest BCUT2D eigenvalue weighted by atomic mass is 10.1. The first-order valence-electron chi connectivity index (χ1n) is 7.81. The van der Waals surface area contributed by atoms with Crippen molar-refractivity contribution in [2.75, 3.05) is 25.4 Å². The maximum atomic E-state index is 12.4. The average molecular weight is 355 g/mol. The Morgan fingerprint density at radius 1 is 1.29 bits per heavy atom. The van der Waals surface area contributed by atoms with Gasteiger partial charge in [-0.15, -0.1) is 0 Å². The van der Waals surface area contributed by atoms with E-state index in [1.54, 1.807) is 0 Å². The third kappa shape index (κ3) is 4.33. The second-order valence-corrected chi connectivity index (χ2v) is 7.75. The van der Waals surface area contributed by atoms with E-state index < -0.39 is 21.9 Å². The van der Waals surface area contributed by atoms with E-state index in [1.807, 2.05) is 6.92 Å². The van der Waals surface area contributed by atoms with Gasteiger partial charge in [0.25, 0.3) is 5.91 Å². The van der Waals surface area contributed by atoms with Crippen molar-refractivity contribution < 1.29 is 27.9 Å². The van der Waals surface area contributed by atoms with Crippen LogP contribution in [0.2, 0.25) is 0 Å². The number of sulfone groups is 1. The number of amides is 1. The van der Waals surface area contributed by atoms with E-state index in [0.29, 0.717) is 18.5 Å². The van der Waals surface area contributed by atoms with Gasteiger partial charge in [0.2, 0.25) is 0 Å². The van der Waals surface area contributed by atoms with Crippen molar-refractivity contribution in [3.05, 3.63) is 29.8 Å². The monoisotopic (exact) mass is 355 g/mol. The van der Waals surface area contributed by atoms with Crippen molar-refractivity contribution in [1.29, 1.82) is 0 Å². The van der Waals surface area contributed by atoms with Gasteiger partial charge in [0, 0.05) is 12.1 Å². The number of carbonyl (C=O) groups excluding carboxylic acids is 1. The SMILES string of the molecule is CCCCS(=O)(=O)c1ccc(C(=O)N2CCOC(C(=O)O)C2)cc1. The number of hydrogen-bond donors (Lipinski definition) is 1. The molecule has 1 aromatic carbocycles. The molecule has 1 saturated heterocycles. The Labute approximate surface area is 141 Å². The minimum atomic E-state index is -3.33. The van der Waals surface area contributed by atoms with Crippen molar-refractivity contribution in [2.24, 2.45) is 0 Å². The molecule has 1 atom stereocenters. The summed E-state index contributed by atoms with van der Waals surface area (Å²) in [6.45, 7) is 2.36. The highest BCUT2D eigenvalue weighted by Gasteiger charge is 2.29. The van der Waals surface area contributed by atoms with Gasteiger partial charge >= 0.3 is 5.97 Å². The summed E-state index contributed by atoms with van der Waals surface area (Å²) in [6, 6.07) is 5.78. The number of morpholine rings is 1. The van der Waals surface area contributed by atoms with Gasteiger partial charge < -0.3 is 14.7 Å². The van der Waals surface area contributed by atoms with Gasteiger partial charge in [-0.2, -0.15) is 0 Å². The third-order valence-corrected chi connectivity index (χ3v) is 5.67. The van der Waals surface area contributed by atoms with Crippen LogP contribution < -0.4 is 0 Å². The summed E-state index contributed by atoms with van der Waals surface area (Å²) < 4.78 is 29.3. The fourth-order valence-corrected chi connectivity index (χ4v) is 3.88. The predicted octanol–water partition coefficient (Wildman–Crippen LogP) is 1.19. The lowest BCUT2D eigenvalue weighted by molar-refractivity contribution is -0.154. The summed E-state index contributed by atoms with van der Waals surface area (Å²) in [5, 5.41) is 8.98. The van der Waals surface area contributed by atoms with Crippen molar-refractivity contribution in [3.63, 3.8) is 0 Å². The molecule has 7 nitrogen and oxygen atoms in total. The predicted molar refractivity (Wildman–Crippen MR) is 86.7 cm³/mol. The standard InChI is InChI=1S/C16H21NO6S/c1-2-3-10-24(21,22)13-6-4-12(5-7-13)15(18)17-8-9-23-14(11-17)16(19)20/h4-7,14H,2-3,8-11H2,1H3,(H,19,20). The van der Waals surface area contributed by atoms with Crippen LogP contribution in [0.25, 0.3) is 0 Å². The summed E-state index contributed by atoms with van der Waals surface area (Å²) in [5.41, 5.74) is 0.329. The molecule has 24 heavy (non-hydrogen) atoms. The largest absolute Gasteiger partial charge is 0.479 e. The number of benzene rings is 1. The van der Waals surface area contributed by atoms with Crippen LogP contribution in [0.4, 0.5) is 0 Å². The number of rotatable bonds is 6. The van der Waals surface area contributed by atoms with Crippen molar-refractivity contribution in [1.82, 2.24) is 4.90 Å². The minimum Gasteiger partial charge on any atom is -0.479 e. The second kappa shape index (κ2) is 7.76.